The van der Waals surface area contributed by atoms with Crippen molar-refractivity contribution in [3.8, 4) is 0 Å². The summed E-state index contributed by atoms with van der Waals surface area (Å²) in [6, 6.07) is 0. The van der Waals surface area contributed by atoms with E-state index in [1.807, 2.05) is 19.4 Å². The van der Waals surface area contributed by atoms with Gasteiger partial charge in [0.1, 0.15) is 12.4 Å². The molecule has 0 radical (unpaired) electrons. The standard InChI is InChI=1S/C6H10N2.Al.ClH.O/c1-3-6-7-4-5-8(6)2;;;/h4-5H,3H2,1-2H3;;1H;/q;+1;;. The summed E-state index contributed by atoms with van der Waals surface area (Å²) in [5, 5.41) is 0. The summed E-state index contributed by atoms with van der Waals surface area (Å²) in [6.07, 6.45) is 5.03. The summed E-state index contributed by atoms with van der Waals surface area (Å²) in [6.45, 7) is 2.13. The normalized spacial score (nSPS) is 7.91. The van der Waals surface area contributed by atoms with Crippen molar-refractivity contribution in [1.82, 2.24) is 4.98 Å². The second kappa shape index (κ2) is 6.54. The van der Waals surface area contributed by atoms with Crippen LogP contribution in [0.4, 0.5) is 0 Å². The van der Waals surface area contributed by atoms with Crippen LogP contribution in [0, 0.1) is 0 Å². The van der Waals surface area contributed by atoms with Crippen molar-refractivity contribution in [2.45, 2.75) is 13.3 Å². The van der Waals surface area contributed by atoms with E-state index in [1.165, 1.54) is 5.82 Å². The molecule has 1 aromatic rings. The number of imidazole rings is 1. The molecule has 3 nitrogen and oxygen atoms in total. The molecule has 1 heterocycles. The van der Waals surface area contributed by atoms with Crippen LogP contribution in [0.1, 0.15) is 12.7 Å². The minimum absolute atomic E-state index is 1.03. The minimum atomic E-state index is -1.03. The van der Waals surface area contributed by atoms with Gasteiger partial charge in [-0.2, -0.15) is 0 Å². The number of H-pyrrole nitrogens is 1. The second-order valence-corrected chi connectivity index (χ2v) is 2.67. The first-order valence-corrected chi connectivity index (χ1v) is 5.53. The molecule has 5 heteroatoms. The number of halogens is 1. The monoisotopic (exact) mass is 189 g/mol. The van der Waals surface area contributed by atoms with Gasteiger partial charge in [0, 0.05) is 6.42 Å². The van der Waals surface area contributed by atoms with Crippen LogP contribution < -0.4 is 4.57 Å². The van der Waals surface area contributed by atoms with Gasteiger partial charge in [0.15, 0.2) is 0 Å². The third-order valence-electron chi connectivity index (χ3n) is 1.31. The number of aromatic nitrogens is 2. The fourth-order valence-corrected chi connectivity index (χ4v) is 0.789. The predicted octanol–water partition coefficient (Wildman–Crippen LogP) is 0.591. The van der Waals surface area contributed by atoms with Gasteiger partial charge in [-0.1, -0.05) is 6.92 Å². The van der Waals surface area contributed by atoms with E-state index >= 15 is 0 Å². The van der Waals surface area contributed by atoms with Crippen LogP contribution in [0.2, 0.25) is 0 Å². The number of aromatic amines is 1. The number of nitrogens with one attached hydrogen (secondary N) is 1. The van der Waals surface area contributed by atoms with Gasteiger partial charge in [0.2, 0.25) is 0 Å². The van der Waals surface area contributed by atoms with E-state index in [0.717, 1.165) is 6.42 Å². The number of hydrogen-bond acceptors (Lipinski definition) is 1. The Hall–Kier alpha value is -0.168. The zero-order chi connectivity index (χ0) is 8.69. The molecule has 0 aromatic carbocycles. The van der Waals surface area contributed by atoms with Crippen molar-refractivity contribution in [2.24, 2.45) is 7.05 Å². The van der Waals surface area contributed by atoms with Gasteiger partial charge in [-0.15, -0.1) is 0 Å². The van der Waals surface area contributed by atoms with E-state index < -0.39 is 14.2 Å². The Morgan fingerprint density at radius 3 is 2.55 bits per heavy atom. The maximum atomic E-state index is 8.78. The third kappa shape index (κ3) is 4.31. The molecule has 0 amide bonds. The Kier molecular flexibility index (Phi) is 6.44. The SMILES string of the molecule is CCc1[nH]cc[n+]1C.[O]=[Al][Cl]. The Morgan fingerprint density at radius 2 is 2.36 bits per heavy atom. The average molecular weight is 190 g/mol. The van der Waals surface area contributed by atoms with Crippen LogP contribution in [0.5, 0.6) is 0 Å². The van der Waals surface area contributed by atoms with Crippen LogP contribution in [0.3, 0.4) is 0 Å². The summed E-state index contributed by atoms with van der Waals surface area (Å²) < 4.78 is 10.9. The molecule has 11 heavy (non-hydrogen) atoms. The average Bonchev–Trinajstić information content (AvgIpc) is 2.36. The second-order valence-electron chi connectivity index (χ2n) is 1.96. The van der Waals surface area contributed by atoms with Crippen LogP contribution in [-0.4, -0.2) is 19.2 Å². The number of aryl methyl sites for hydroxylation is 2. The summed E-state index contributed by atoms with van der Waals surface area (Å²) in [4.78, 5) is 3.12. The summed E-state index contributed by atoms with van der Waals surface area (Å²) >= 11 is -1.03. The van der Waals surface area contributed by atoms with Crippen LogP contribution >= 0.6 is 10.0 Å². The topological polar surface area (TPSA) is 36.7 Å². The van der Waals surface area contributed by atoms with E-state index in [2.05, 4.69) is 26.5 Å². The molecule has 0 aliphatic carbocycles. The first-order valence-electron chi connectivity index (χ1n) is 3.32. The molecule has 0 bridgehead atoms. The Balaban J connectivity index is 0.000000292. The van der Waals surface area contributed by atoms with Gasteiger partial charge >= 0.3 is 28.1 Å². The molecular formula is C6H11AlClN2O+. The van der Waals surface area contributed by atoms with Crippen molar-refractivity contribution in [1.29, 1.82) is 0 Å². The first kappa shape index (κ1) is 10.8. The van der Waals surface area contributed by atoms with Crippen molar-refractivity contribution in [2.75, 3.05) is 0 Å². The molecule has 1 N–H and O–H groups in total. The molecule has 1 aromatic heterocycles. The molecule has 0 unspecified atom stereocenters. The van der Waals surface area contributed by atoms with Gasteiger partial charge in [0.05, 0.1) is 7.05 Å². The molecule has 0 aliphatic rings. The molecule has 0 atom stereocenters. The maximum absolute atomic E-state index is 8.78. The first-order chi connectivity index (χ1) is 5.26. The quantitative estimate of drug-likeness (QED) is 0.510. The number of rotatable bonds is 1. The molecule has 0 aliphatic heterocycles. The zero-order valence-electron chi connectivity index (χ0n) is 6.67. The van der Waals surface area contributed by atoms with Crippen molar-refractivity contribution in [3.05, 3.63) is 18.2 Å². The van der Waals surface area contributed by atoms with E-state index in [1.54, 1.807) is 0 Å². The Morgan fingerprint density at radius 1 is 1.82 bits per heavy atom. The van der Waals surface area contributed by atoms with Gasteiger partial charge in [0.25, 0.3) is 5.82 Å². The zero-order valence-corrected chi connectivity index (χ0v) is 8.58. The van der Waals surface area contributed by atoms with E-state index in [-0.39, 0.29) is 0 Å². The van der Waals surface area contributed by atoms with Crippen LogP contribution in [0.25, 0.3) is 0 Å². The van der Waals surface area contributed by atoms with Gasteiger partial charge in [-0.25, -0.2) is 9.55 Å². The van der Waals surface area contributed by atoms with E-state index in [0.29, 0.717) is 0 Å². The van der Waals surface area contributed by atoms with Gasteiger partial charge < -0.3 is 0 Å². The summed E-state index contributed by atoms with van der Waals surface area (Å²) in [7, 11) is 6.56. The molecule has 0 saturated carbocycles. The molecule has 60 valence electrons. The molecule has 1 rings (SSSR count). The summed E-state index contributed by atoms with van der Waals surface area (Å²) in [5.74, 6) is 1.27. The van der Waals surface area contributed by atoms with Crippen molar-refractivity contribution < 1.29 is 8.37 Å². The van der Waals surface area contributed by atoms with Gasteiger partial charge in [-0.05, 0) is 0 Å². The predicted molar refractivity (Wildman–Crippen MR) is 43.6 cm³/mol. The van der Waals surface area contributed by atoms with E-state index in [9.17, 15) is 0 Å². The number of hydrogen-bond donors (Lipinski definition) is 1. The fraction of sp³-hybridized carbons (Fsp3) is 0.500. The Bertz CT molecular complexity index is 214. The summed E-state index contributed by atoms with van der Waals surface area (Å²) in [5.41, 5.74) is 0. The van der Waals surface area contributed by atoms with Gasteiger partial charge in [-0.3, -0.25) is 0 Å². The molecular weight excluding hydrogens is 179 g/mol. The van der Waals surface area contributed by atoms with Crippen molar-refractivity contribution in [3.63, 3.8) is 0 Å². The van der Waals surface area contributed by atoms with Crippen LogP contribution in [-0.2, 0) is 17.3 Å². The fourth-order valence-electron chi connectivity index (χ4n) is 0.789. The molecule has 0 spiro atoms. The van der Waals surface area contributed by atoms with E-state index in [4.69, 9.17) is 3.80 Å². The molecule has 0 saturated heterocycles. The Labute approximate surface area is 76.5 Å². The molecule has 0 fully saturated rings. The number of nitrogens with zero attached hydrogens (tertiary/aromatic N) is 1. The van der Waals surface area contributed by atoms with Crippen molar-refractivity contribution >= 4 is 24.3 Å². The van der Waals surface area contributed by atoms with Crippen LogP contribution in [0.15, 0.2) is 12.4 Å². The third-order valence-corrected chi connectivity index (χ3v) is 1.31.